The summed E-state index contributed by atoms with van der Waals surface area (Å²) in [6, 6.07) is 7.32. The molecule has 0 unspecified atom stereocenters. The molecule has 0 radical (unpaired) electrons. The Morgan fingerprint density at radius 3 is 2.84 bits per heavy atom. The zero-order valence-electron chi connectivity index (χ0n) is 9.79. The highest BCUT2D eigenvalue weighted by atomic mass is 19.1. The Morgan fingerprint density at radius 2 is 2.11 bits per heavy atom. The van der Waals surface area contributed by atoms with Crippen LogP contribution in [0, 0.1) is 5.82 Å². The Labute approximate surface area is 108 Å². The number of halogens is 1. The van der Waals surface area contributed by atoms with E-state index in [1.165, 1.54) is 36.7 Å². The number of carboxylic acids is 1. The summed E-state index contributed by atoms with van der Waals surface area (Å²) in [5, 5.41) is 8.53. The maximum Gasteiger partial charge on any atom is 0.328 e. The lowest BCUT2D eigenvalue weighted by Crippen LogP contribution is -1.89. The van der Waals surface area contributed by atoms with Crippen LogP contribution in [0.2, 0.25) is 0 Å². The number of ether oxygens (including phenoxy) is 1. The molecule has 0 spiro atoms. The molecule has 2 rings (SSSR count). The van der Waals surface area contributed by atoms with Gasteiger partial charge >= 0.3 is 5.97 Å². The van der Waals surface area contributed by atoms with Crippen LogP contribution in [0.5, 0.6) is 11.5 Å². The van der Waals surface area contributed by atoms with Crippen molar-refractivity contribution in [2.24, 2.45) is 0 Å². The number of pyridine rings is 1. The second-order valence-corrected chi connectivity index (χ2v) is 3.68. The number of carbonyl (C=O) groups is 1. The second-order valence-electron chi connectivity index (χ2n) is 3.68. The summed E-state index contributed by atoms with van der Waals surface area (Å²) in [7, 11) is 0. The largest absolute Gasteiger partial charge is 0.478 e. The van der Waals surface area contributed by atoms with Gasteiger partial charge in [0.15, 0.2) is 0 Å². The zero-order chi connectivity index (χ0) is 13.7. The quantitative estimate of drug-likeness (QED) is 0.857. The molecule has 0 aliphatic carbocycles. The number of nitrogens with zero attached hydrogens (tertiary/aromatic N) is 1. The average molecular weight is 259 g/mol. The van der Waals surface area contributed by atoms with E-state index >= 15 is 0 Å². The van der Waals surface area contributed by atoms with Gasteiger partial charge in [-0.1, -0.05) is 6.07 Å². The van der Waals surface area contributed by atoms with E-state index in [4.69, 9.17) is 9.84 Å². The van der Waals surface area contributed by atoms with Gasteiger partial charge in [0, 0.05) is 18.3 Å². The number of rotatable bonds is 4. The minimum atomic E-state index is -1.04. The molecule has 1 N–H and O–H groups in total. The highest BCUT2D eigenvalue weighted by Gasteiger charge is 2.00. The summed E-state index contributed by atoms with van der Waals surface area (Å²) in [6.45, 7) is 0. The fraction of sp³-hybridized carbons (Fsp3) is 0. The summed E-state index contributed by atoms with van der Waals surface area (Å²) in [5.74, 6) is -0.692. The van der Waals surface area contributed by atoms with Crippen molar-refractivity contribution in [2.45, 2.75) is 0 Å². The first-order chi connectivity index (χ1) is 9.13. The van der Waals surface area contributed by atoms with Gasteiger partial charge in [-0.25, -0.2) is 9.18 Å². The van der Waals surface area contributed by atoms with Crippen molar-refractivity contribution in [1.82, 2.24) is 4.98 Å². The van der Waals surface area contributed by atoms with Gasteiger partial charge in [0.05, 0.1) is 6.20 Å². The number of aromatic nitrogens is 1. The fourth-order valence-corrected chi connectivity index (χ4v) is 1.42. The Kier molecular flexibility index (Phi) is 3.87. The molecule has 1 heterocycles. The number of hydrogen-bond donors (Lipinski definition) is 1. The van der Waals surface area contributed by atoms with E-state index < -0.39 is 11.8 Å². The summed E-state index contributed by atoms with van der Waals surface area (Å²) in [4.78, 5) is 14.3. The lowest BCUT2D eigenvalue weighted by Gasteiger charge is -2.05. The minimum absolute atomic E-state index is 0.348. The van der Waals surface area contributed by atoms with Crippen LogP contribution in [-0.4, -0.2) is 16.1 Å². The molecule has 0 aliphatic rings. The van der Waals surface area contributed by atoms with Crippen molar-refractivity contribution < 1.29 is 19.0 Å². The van der Waals surface area contributed by atoms with E-state index in [9.17, 15) is 9.18 Å². The maximum absolute atomic E-state index is 13.0. The highest BCUT2D eigenvalue weighted by molar-refractivity contribution is 5.85. The summed E-state index contributed by atoms with van der Waals surface area (Å²) < 4.78 is 18.4. The van der Waals surface area contributed by atoms with Gasteiger partial charge in [-0.3, -0.25) is 4.98 Å². The van der Waals surface area contributed by atoms with Crippen LogP contribution >= 0.6 is 0 Å². The van der Waals surface area contributed by atoms with Crippen LogP contribution in [0.4, 0.5) is 4.39 Å². The number of carboxylic acid groups (broad SMARTS) is 1. The average Bonchev–Trinajstić information content (AvgIpc) is 2.37. The van der Waals surface area contributed by atoms with Crippen molar-refractivity contribution in [3.63, 3.8) is 0 Å². The summed E-state index contributed by atoms with van der Waals surface area (Å²) >= 11 is 0. The molecule has 0 amide bonds. The van der Waals surface area contributed by atoms with E-state index in [0.717, 1.165) is 6.08 Å². The van der Waals surface area contributed by atoms with E-state index in [2.05, 4.69) is 4.98 Å². The predicted octanol–water partition coefficient (Wildman–Crippen LogP) is 3.11. The van der Waals surface area contributed by atoms with Crippen molar-refractivity contribution in [3.8, 4) is 11.5 Å². The van der Waals surface area contributed by atoms with Gasteiger partial charge in [0.25, 0.3) is 0 Å². The van der Waals surface area contributed by atoms with Crippen LogP contribution in [-0.2, 0) is 4.79 Å². The summed E-state index contributed by atoms with van der Waals surface area (Å²) in [5.41, 5.74) is 0.580. The minimum Gasteiger partial charge on any atom is -0.478 e. The van der Waals surface area contributed by atoms with Gasteiger partial charge in [0.2, 0.25) is 0 Å². The molecule has 19 heavy (non-hydrogen) atoms. The van der Waals surface area contributed by atoms with E-state index in [1.54, 1.807) is 12.1 Å². The maximum atomic E-state index is 13.0. The van der Waals surface area contributed by atoms with E-state index in [1.807, 2.05) is 0 Å². The molecule has 1 aromatic carbocycles. The van der Waals surface area contributed by atoms with Gasteiger partial charge in [0.1, 0.15) is 17.3 Å². The Balaban J connectivity index is 2.17. The topological polar surface area (TPSA) is 59.4 Å². The fourth-order valence-electron chi connectivity index (χ4n) is 1.42. The smallest absolute Gasteiger partial charge is 0.328 e. The SMILES string of the molecule is O=C(O)/C=C/c1cncc(Oc2cccc(F)c2)c1. The van der Waals surface area contributed by atoms with Gasteiger partial charge in [-0.05, 0) is 29.8 Å². The lowest BCUT2D eigenvalue weighted by molar-refractivity contribution is -0.131. The second kappa shape index (κ2) is 5.77. The number of aliphatic carboxylic acids is 1. The van der Waals surface area contributed by atoms with Crippen molar-refractivity contribution in [1.29, 1.82) is 0 Å². The van der Waals surface area contributed by atoms with Crippen LogP contribution < -0.4 is 4.74 Å². The number of hydrogen-bond acceptors (Lipinski definition) is 3. The molecule has 0 bridgehead atoms. The van der Waals surface area contributed by atoms with Crippen molar-refractivity contribution in [3.05, 3.63) is 60.2 Å². The molecule has 0 saturated heterocycles. The standard InChI is InChI=1S/C14H10FNO3/c15-11-2-1-3-12(7-11)19-13-6-10(8-16-9-13)4-5-14(17)18/h1-9H,(H,17,18)/b5-4+. The highest BCUT2D eigenvalue weighted by Crippen LogP contribution is 2.22. The molecule has 5 heteroatoms. The molecular weight excluding hydrogens is 249 g/mol. The molecule has 1 aromatic heterocycles. The van der Waals surface area contributed by atoms with Crippen LogP contribution in [0.1, 0.15) is 5.56 Å². The van der Waals surface area contributed by atoms with Gasteiger partial charge in [-0.15, -0.1) is 0 Å². The van der Waals surface area contributed by atoms with Gasteiger partial charge < -0.3 is 9.84 Å². The molecule has 0 atom stereocenters. The monoisotopic (exact) mass is 259 g/mol. The predicted molar refractivity (Wildman–Crippen MR) is 67.4 cm³/mol. The normalized spacial score (nSPS) is 10.6. The van der Waals surface area contributed by atoms with Crippen molar-refractivity contribution in [2.75, 3.05) is 0 Å². The first-order valence-electron chi connectivity index (χ1n) is 5.43. The van der Waals surface area contributed by atoms with Crippen LogP contribution in [0.15, 0.2) is 48.8 Å². The molecule has 0 fully saturated rings. The van der Waals surface area contributed by atoms with Crippen molar-refractivity contribution >= 4 is 12.0 Å². The third-order valence-electron chi connectivity index (χ3n) is 2.18. The molecule has 2 aromatic rings. The number of benzene rings is 1. The van der Waals surface area contributed by atoms with E-state index in [-0.39, 0.29) is 0 Å². The molecule has 0 aliphatic heterocycles. The van der Waals surface area contributed by atoms with E-state index in [0.29, 0.717) is 17.1 Å². The Hall–Kier alpha value is -2.69. The Bertz CT molecular complexity index is 626. The zero-order valence-corrected chi connectivity index (χ0v) is 9.79. The molecular formula is C14H10FNO3. The molecule has 96 valence electrons. The molecule has 4 nitrogen and oxygen atoms in total. The van der Waals surface area contributed by atoms with Gasteiger partial charge in [-0.2, -0.15) is 0 Å². The summed E-state index contributed by atoms with van der Waals surface area (Å²) in [6.07, 6.45) is 5.36. The third-order valence-corrected chi connectivity index (χ3v) is 2.18. The lowest BCUT2D eigenvalue weighted by atomic mass is 10.2. The van der Waals surface area contributed by atoms with Crippen LogP contribution in [0.25, 0.3) is 6.08 Å². The third kappa shape index (κ3) is 3.92. The van der Waals surface area contributed by atoms with Crippen LogP contribution in [0.3, 0.4) is 0 Å². The molecule has 0 saturated carbocycles. The first-order valence-corrected chi connectivity index (χ1v) is 5.43. The first kappa shape index (κ1) is 12.8. The Morgan fingerprint density at radius 1 is 1.26 bits per heavy atom.